The summed E-state index contributed by atoms with van der Waals surface area (Å²) < 4.78 is 0. The summed E-state index contributed by atoms with van der Waals surface area (Å²) in [5, 5.41) is 0. The molecule has 0 radical (unpaired) electrons. The van der Waals surface area contributed by atoms with Crippen molar-refractivity contribution in [1.82, 2.24) is 15.0 Å². The molecular weight excluding hydrogens is 396 g/mol. The molecule has 0 aromatic carbocycles. The summed E-state index contributed by atoms with van der Waals surface area (Å²) in [7, 11) is 9.95. The van der Waals surface area contributed by atoms with Crippen LogP contribution in [0.5, 0.6) is 0 Å². The molecule has 0 aliphatic heterocycles. The van der Waals surface area contributed by atoms with Gasteiger partial charge < -0.3 is 14.7 Å². The lowest BCUT2D eigenvalue weighted by atomic mass is 10.0. The third kappa shape index (κ3) is 13.1. The van der Waals surface area contributed by atoms with Gasteiger partial charge in [-0.1, -0.05) is 103 Å². The molecule has 1 rings (SSSR count). The fraction of sp³-hybridized carbons (Fsp3) is 0.885. The Balaban J connectivity index is 2.04. The summed E-state index contributed by atoms with van der Waals surface area (Å²) in [6, 6.07) is 0. The molecule has 0 saturated carbocycles. The van der Waals surface area contributed by atoms with Gasteiger partial charge in [-0.15, -0.1) is 0 Å². The van der Waals surface area contributed by atoms with E-state index >= 15 is 0 Å². The van der Waals surface area contributed by atoms with E-state index in [-0.39, 0.29) is 0 Å². The van der Waals surface area contributed by atoms with E-state index in [1.807, 2.05) is 38.0 Å². The summed E-state index contributed by atoms with van der Waals surface area (Å²) in [6.45, 7) is 3.28. The van der Waals surface area contributed by atoms with Crippen LogP contribution in [0.1, 0.15) is 110 Å². The van der Waals surface area contributed by atoms with Crippen LogP contribution in [-0.2, 0) is 0 Å². The largest absolute Gasteiger partial charge is 0.347 e. The highest BCUT2D eigenvalue weighted by Gasteiger charge is 2.12. The van der Waals surface area contributed by atoms with Crippen LogP contribution in [-0.4, -0.2) is 56.7 Å². The molecule has 0 N–H and O–H groups in total. The Kier molecular flexibility index (Phi) is 15.9. The van der Waals surface area contributed by atoms with Crippen LogP contribution in [0, 0.1) is 0 Å². The van der Waals surface area contributed by atoms with Crippen molar-refractivity contribution in [3.8, 4) is 0 Å². The van der Waals surface area contributed by atoms with Gasteiger partial charge in [0.1, 0.15) is 0 Å². The van der Waals surface area contributed by atoms with E-state index in [1.165, 1.54) is 103 Å². The van der Waals surface area contributed by atoms with Crippen LogP contribution < -0.4 is 14.7 Å². The van der Waals surface area contributed by atoms with Crippen LogP contribution in [0.3, 0.4) is 0 Å². The maximum Gasteiger partial charge on any atom is 0.231 e. The molecule has 0 amide bonds. The van der Waals surface area contributed by atoms with Gasteiger partial charge in [0.25, 0.3) is 0 Å². The van der Waals surface area contributed by atoms with Gasteiger partial charge in [0, 0.05) is 41.8 Å². The number of hydrogen-bond donors (Lipinski definition) is 0. The second-order valence-electron chi connectivity index (χ2n) is 9.75. The lowest BCUT2D eigenvalue weighted by Crippen LogP contribution is -2.25. The average Bonchev–Trinajstić information content (AvgIpc) is 2.78. The quantitative estimate of drug-likeness (QED) is 0.207. The zero-order valence-electron chi connectivity index (χ0n) is 22.2. The first-order valence-corrected chi connectivity index (χ1v) is 13.3. The van der Waals surface area contributed by atoms with Gasteiger partial charge in [-0.25, -0.2) is 0 Å². The van der Waals surface area contributed by atoms with Crippen LogP contribution >= 0.6 is 0 Å². The minimum Gasteiger partial charge on any atom is -0.347 e. The number of unbranched alkanes of at least 4 members (excludes halogenated alkanes) is 15. The molecule has 1 aromatic rings. The maximum absolute atomic E-state index is 4.61. The lowest BCUT2D eigenvalue weighted by Gasteiger charge is -2.21. The van der Waals surface area contributed by atoms with Crippen LogP contribution in [0.4, 0.5) is 17.8 Å². The van der Waals surface area contributed by atoms with Crippen molar-refractivity contribution in [3.63, 3.8) is 0 Å². The zero-order valence-corrected chi connectivity index (χ0v) is 22.2. The highest BCUT2D eigenvalue weighted by atomic mass is 15.4. The number of nitrogens with zero attached hydrogens (tertiary/aromatic N) is 6. The Morgan fingerprint density at radius 1 is 0.438 bits per heavy atom. The van der Waals surface area contributed by atoms with E-state index in [9.17, 15) is 0 Å². The molecule has 0 saturated heterocycles. The molecule has 0 bridgehead atoms. The molecule has 0 unspecified atom stereocenters. The Bertz CT molecular complexity index is 549. The molecular formula is C26H52N6. The topological polar surface area (TPSA) is 48.4 Å². The number of aromatic nitrogens is 3. The van der Waals surface area contributed by atoms with Crippen molar-refractivity contribution in [3.05, 3.63) is 0 Å². The van der Waals surface area contributed by atoms with Crippen LogP contribution in [0.25, 0.3) is 0 Å². The third-order valence-electron chi connectivity index (χ3n) is 6.09. The predicted octanol–water partition coefficient (Wildman–Crippen LogP) is 6.70. The van der Waals surface area contributed by atoms with Crippen molar-refractivity contribution in [2.45, 2.75) is 110 Å². The molecule has 0 fully saturated rings. The smallest absolute Gasteiger partial charge is 0.231 e. The molecule has 186 valence electrons. The standard InChI is InChI=1S/C26H52N6/c1-7-8-9-10-11-12-13-14-15-16-17-18-19-20-21-22-23-32(6)26-28-24(30(2)3)27-25(29-26)31(4)5/h7-23H2,1-6H3. The molecule has 32 heavy (non-hydrogen) atoms. The second-order valence-corrected chi connectivity index (χ2v) is 9.75. The minimum absolute atomic E-state index is 0.706. The molecule has 6 heteroatoms. The van der Waals surface area contributed by atoms with E-state index < -0.39 is 0 Å². The summed E-state index contributed by atoms with van der Waals surface area (Å²) in [5.74, 6) is 2.17. The van der Waals surface area contributed by atoms with E-state index in [2.05, 4.69) is 33.8 Å². The Hall–Kier alpha value is -1.59. The normalized spacial score (nSPS) is 11.1. The number of hydrogen-bond acceptors (Lipinski definition) is 6. The van der Waals surface area contributed by atoms with Gasteiger partial charge >= 0.3 is 0 Å². The summed E-state index contributed by atoms with van der Waals surface area (Å²) in [6.07, 6.45) is 22.4. The van der Waals surface area contributed by atoms with Gasteiger partial charge in [-0.2, -0.15) is 15.0 Å². The number of anilines is 3. The molecule has 0 atom stereocenters. The highest BCUT2D eigenvalue weighted by molar-refractivity contribution is 5.44. The Labute approximate surface area is 199 Å². The molecule has 1 aromatic heterocycles. The molecule has 0 spiro atoms. The average molecular weight is 449 g/mol. The Morgan fingerprint density at radius 3 is 1.09 bits per heavy atom. The first-order chi connectivity index (χ1) is 15.5. The molecule has 0 aliphatic carbocycles. The van der Waals surface area contributed by atoms with Crippen LogP contribution in [0.15, 0.2) is 0 Å². The monoisotopic (exact) mass is 448 g/mol. The third-order valence-corrected chi connectivity index (χ3v) is 6.09. The van der Waals surface area contributed by atoms with Crippen molar-refractivity contribution in [2.24, 2.45) is 0 Å². The minimum atomic E-state index is 0.706. The van der Waals surface area contributed by atoms with Crippen molar-refractivity contribution in [1.29, 1.82) is 0 Å². The predicted molar refractivity (Wildman–Crippen MR) is 141 cm³/mol. The highest BCUT2D eigenvalue weighted by Crippen LogP contribution is 2.17. The lowest BCUT2D eigenvalue weighted by molar-refractivity contribution is 0.529. The summed E-state index contributed by atoms with van der Waals surface area (Å²) >= 11 is 0. The number of rotatable bonds is 20. The summed E-state index contributed by atoms with van der Waals surface area (Å²) in [5.41, 5.74) is 0. The van der Waals surface area contributed by atoms with Crippen molar-refractivity contribution in [2.75, 3.05) is 56.5 Å². The maximum atomic E-state index is 4.61. The SMILES string of the molecule is CCCCCCCCCCCCCCCCCCN(C)c1nc(N(C)C)nc(N(C)C)n1. The molecule has 1 heterocycles. The van der Waals surface area contributed by atoms with Gasteiger partial charge in [0.2, 0.25) is 17.8 Å². The second kappa shape index (κ2) is 17.9. The van der Waals surface area contributed by atoms with Gasteiger partial charge in [0.15, 0.2) is 0 Å². The van der Waals surface area contributed by atoms with Crippen molar-refractivity contribution >= 4 is 17.8 Å². The van der Waals surface area contributed by atoms with Gasteiger partial charge in [-0.05, 0) is 6.42 Å². The Morgan fingerprint density at radius 2 is 0.750 bits per heavy atom. The zero-order chi connectivity index (χ0) is 23.6. The van der Waals surface area contributed by atoms with E-state index in [1.54, 1.807) is 0 Å². The van der Waals surface area contributed by atoms with E-state index in [0.717, 1.165) is 12.5 Å². The van der Waals surface area contributed by atoms with E-state index in [0.29, 0.717) is 11.9 Å². The van der Waals surface area contributed by atoms with Gasteiger partial charge in [-0.3, -0.25) is 0 Å². The fourth-order valence-electron chi connectivity index (χ4n) is 3.91. The fourth-order valence-corrected chi connectivity index (χ4v) is 3.91. The first kappa shape index (κ1) is 28.4. The molecule has 0 aliphatic rings. The first-order valence-electron chi connectivity index (χ1n) is 13.3. The van der Waals surface area contributed by atoms with E-state index in [4.69, 9.17) is 0 Å². The van der Waals surface area contributed by atoms with Gasteiger partial charge in [0.05, 0.1) is 0 Å². The van der Waals surface area contributed by atoms with Crippen molar-refractivity contribution < 1.29 is 0 Å². The molecule has 6 nitrogen and oxygen atoms in total. The summed E-state index contributed by atoms with van der Waals surface area (Å²) in [4.78, 5) is 19.7. The van der Waals surface area contributed by atoms with Crippen LogP contribution in [0.2, 0.25) is 0 Å².